The zero-order valence-corrected chi connectivity index (χ0v) is 13.5. The SMILES string of the molecule is C/C(=N\Nc1c([N+](=O)[O-])c(C)nn1C)c1ccc(OC(F)(F)F)cc1. The Morgan fingerprint density at radius 3 is 2.48 bits per heavy atom. The summed E-state index contributed by atoms with van der Waals surface area (Å²) in [6.07, 6.45) is -4.76. The lowest BCUT2D eigenvalue weighted by Crippen LogP contribution is -2.17. The van der Waals surface area contributed by atoms with Crippen molar-refractivity contribution in [3.8, 4) is 5.75 Å². The second-order valence-corrected chi connectivity index (χ2v) is 5.04. The van der Waals surface area contributed by atoms with Gasteiger partial charge in [-0.25, -0.2) is 4.68 Å². The highest BCUT2D eigenvalue weighted by molar-refractivity contribution is 5.99. The molecule has 1 heterocycles. The number of hydrogen-bond donors (Lipinski definition) is 1. The Morgan fingerprint density at radius 2 is 1.96 bits per heavy atom. The van der Waals surface area contributed by atoms with E-state index in [0.29, 0.717) is 11.3 Å². The Balaban J connectivity index is 2.19. The highest BCUT2D eigenvalue weighted by atomic mass is 19.4. The Morgan fingerprint density at radius 1 is 1.36 bits per heavy atom. The fraction of sp³-hybridized carbons (Fsp3) is 0.286. The molecule has 2 aromatic rings. The van der Waals surface area contributed by atoms with Gasteiger partial charge in [-0.15, -0.1) is 13.2 Å². The molecule has 8 nitrogen and oxygen atoms in total. The third-order valence-corrected chi connectivity index (χ3v) is 3.21. The van der Waals surface area contributed by atoms with Crippen LogP contribution in [0.2, 0.25) is 0 Å². The summed E-state index contributed by atoms with van der Waals surface area (Å²) in [4.78, 5) is 10.5. The zero-order valence-electron chi connectivity index (χ0n) is 13.5. The number of ether oxygens (including phenoxy) is 1. The van der Waals surface area contributed by atoms with Gasteiger partial charge in [0.25, 0.3) is 0 Å². The average molecular weight is 357 g/mol. The largest absolute Gasteiger partial charge is 0.573 e. The molecular weight excluding hydrogens is 343 g/mol. The molecule has 0 saturated carbocycles. The van der Waals surface area contributed by atoms with Crippen LogP contribution in [0.5, 0.6) is 5.75 Å². The van der Waals surface area contributed by atoms with Gasteiger partial charge in [-0.2, -0.15) is 10.2 Å². The fourth-order valence-corrected chi connectivity index (χ4v) is 2.09. The van der Waals surface area contributed by atoms with E-state index in [0.717, 1.165) is 12.1 Å². The second kappa shape index (κ2) is 6.79. The number of nitro groups is 1. The molecule has 25 heavy (non-hydrogen) atoms. The summed E-state index contributed by atoms with van der Waals surface area (Å²) in [7, 11) is 1.52. The standard InChI is InChI=1S/C14H14F3N5O3/c1-8(10-4-6-11(7-5-10)25-14(15,16)17)18-19-13-12(22(23)24)9(2)20-21(13)3/h4-7,19H,1-3H3/b18-8+. The topological polar surface area (TPSA) is 94.6 Å². The van der Waals surface area contributed by atoms with Crippen molar-refractivity contribution in [1.29, 1.82) is 0 Å². The maximum absolute atomic E-state index is 12.1. The number of anilines is 1. The molecule has 134 valence electrons. The number of aromatic nitrogens is 2. The van der Waals surface area contributed by atoms with Gasteiger partial charge in [0.2, 0.25) is 5.82 Å². The van der Waals surface area contributed by atoms with Crippen LogP contribution >= 0.6 is 0 Å². The van der Waals surface area contributed by atoms with Crippen LogP contribution in [0.3, 0.4) is 0 Å². The Kier molecular flexibility index (Phi) is 4.95. The first-order chi connectivity index (χ1) is 11.6. The third-order valence-electron chi connectivity index (χ3n) is 3.21. The predicted octanol–water partition coefficient (Wildman–Crippen LogP) is 3.37. The normalized spacial score (nSPS) is 12.2. The number of halogens is 3. The minimum Gasteiger partial charge on any atom is -0.406 e. The first-order valence-corrected chi connectivity index (χ1v) is 6.93. The minimum absolute atomic E-state index is 0.0962. The summed E-state index contributed by atoms with van der Waals surface area (Å²) in [5.41, 5.74) is 3.53. The van der Waals surface area contributed by atoms with Crippen LogP contribution in [0.4, 0.5) is 24.7 Å². The van der Waals surface area contributed by atoms with Crippen LogP contribution in [0.15, 0.2) is 29.4 Å². The number of hydrazone groups is 1. The van der Waals surface area contributed by atoms with Gasteiger partial charge < -0.3 is 4.74 Å². The van der Waals surface area contributed by atoms with Crippen LogP contribution < -0.4 is 10.2 Å². The summed E-state index contributed by atoms with van der Waals surface area (Å²) in [6, 6.07) is 5.09. The van der Waals surface area contributed by atoms with Crippen molar-refractivity contribution < 1.29 is 22.8 Å². The lowest BCUT2D eigenvalue weighted by molar-refractivity contribution is -0.384. The molecule has 0 aliphatic heterocycles. The number of nitrogens with zero attached hydrogens (tertiary/aromatic N) is 4. The predicted molar refractivity (Wildman–Crippen MR) is 83.6 cm³/mol. The van der Waals surface area contributed by atoms with Gasteiger partial charge in [-0.3, -0.25) is 15.5 Å². The first-order valence-electron chi connectivity index (χ1n) is 6.93. The van der Waals surface area contributed by atoms with Crippen molar-refractivity contribution in [2.45, 2.75) is 20.2 Å². The quantitative estimate of drug-likeness (QED) is 0.503. The van der Waals surface area contributed by atoms with Gasteiger partial charge in [0.05, 0.1) is 10.6 Å². The van der Waals surface area contributed by atoms with E-state index in [1.165, 1.54) is 30.8 Å². The highest BCUT2D eigenvalue weighted by Gasteiger charge is 2.31. The molecule has 1 aromatic heterocycles. The summed E-state index contributed by atoms with van der Waals surface area (Å²) >= 11 is 0. The lowest BCUT2D eigenvalue weighted by atomic mass is 10.1. The van der Waals surface area contributed by atoms with E-state index in [-0.39, 0.29) is 22.9 Å². The van der Waals surface area contributed by atoms with Crippen LogP contribution in [0.1, 0.15) is 18.2 Å². The number of rotatable bonds is 5. The molecule has 0 unspecified atom stereocenters. The average Bonchev–Trinajstić information content (AvgIpc) is 2.77. The number of hydrogen-bond acceptors (Lipinski definition) is 6. The van der Waals surface area contributed by atoms with Crippen LogP contribution in [0.25, 0.3) is 0 Å². The molecule has 0 bridgehead atoms. The van der Waals surface area contributed by atoms with Gasteiger partial charge in [0, 0.05) is 7.05 Å². The summed E-state index contributed by atoms with van der Waals surface area (Å²) < 4.78 is 41.5. The van der Waals surface area contributed by atoms with Gasteiger partial charge in [-0.05, 0) is 43.7 Å². The van der Waals surface area contributed by atoms with E-state index in [9.17, 15) is 23.3 Å². The van der Waals surface area contributed by atoms with Crippen molar-refractivity contribution >= 4 is 17.2 Å². The van der Waals surface area contributed by atoms with Gasteiger partial charge in [0.1, 0.15) is 11.4 Å². The summed E-state index contributed by atoms with van der Waals surface area (Å²) in [6.45, 7) is 3.10. The first kappa shape index (κ1) is 18.2. The number of nitrogens with one attached hydrogen (secondary N) is 1. The maximum atomic E-state index is 12.1. The number of aryl methyl sites for hydroxylation is 2. The Bertz CT molecular complexity index is 812. The molecule has 0 aliphatic rings. The molecule has 2 rings (SSSR count). The van der Waals surface area contributed by atoms with Gasteiger partial charge >= 0.3 is 12.0 Å². The molecule has 0 radical (unpaired) electrons. The van der Waals surface area contributed by atoms with Crippen LogP contribution in [-0.2, 0) is 7.05 Å². The Hall–Kier alpha value is -3.11. The molecule has 1 N–H and O–H groups in total. The van der Waals surface area contributed by atoms with E-state index in [4.69, 9.17) is 0 Å². The van der Waals surface area contributed by atoms with E-state index in [1.807, 2.05) is 0 Å². The van der Waals surface area contributed by atoms with Crippen molar-refractivity contribution in [2.75, 3.05) is 5.43 Å². The minimum atomic E-state index is -4.76. The van der Waals surface area contributed by atoms with Crippen LogP contribution in [0, 0.1) is 17.0 Å². The maximum Gasteiger partial charge on any atom is 0.573 e. The lowest BCUT2D eigenvalue weighted by Gasteiger charge is -2.09. The van der Waals surface area contributed by atoms with Crippen molar-refractivity contribution in [3.63, 3.8) is 0 Å². The van der Waals surface area contributed by atoms with E-state index in [1.54, 1.807) is 6.92 Å². The second-order valence-electron chi connectivity index (χ2n) is 5.04. The van der Waals surface area contributed by atoms with Crippen molar-refractivity contribution in [1.82, 2.24) is 9.78 Å². The number of benzene rings is 1. The molecule has 1 aromatic carbocycles. The van der Waals surface area contributed by atoms with Crippen molar-refractivity contribution in [3.05, 3.63) is 45.6 Å². The monoisotopic (exact) mass is 357 g/mol. The molecule has 0 aliphatic carbocycles. The third kappa shape index (κ3) is 4.46. The van der Waals surface area contributed by atoms with E-state index < -0.39 is 11.3 Å². The van der Waals surface area contributed by atoms with Gasteiger partial charge in [0.15, 0.2) is 0 Å². The van der Waals surface area contributed by atoms with E-state index in [2.05, 4.69) is 20.4 Å². The van der Waals surface area contributed by atoms with Gasteiger partial charge in [-0.1, -0.05) is 0 Å². The molecule has 11 heteroatoms. The van der Waals surface area contributed by atoms with E-state index >= 15 is 0 Å². The molecule has 0 saturated heterocycles. The zero-order chi connectivity index (χ0) is 18.8. The molecular formula is C14H14F3N5O3. The fourth-order valence-electron chi connectivity index (χ4n) is 2.09. The van der Waals surface area contributed by atoms with Crippen molar-refractivity contribution in [2.24, 2.45) is 12.1 Å². The molecule has 0 spiro atoms. The summed E-state index contributed by atoms with van der Waals surface area (Å²) in [5.74, 6) is -0.256. The summed E-state index contributed by atoms with van der Waals surface area (Å²) in [5, 5.41) is 19.1. The Labute approximate surface area is 140 Å². The molecule has 0 amide bonds. The molecule has 0 atom stereocenters. The smallest absolute Gasteiger partial charge is 0.406 e. The highest BCUT2D eigenvalue weighted by Crippen LogP contribution is 2.27. The molecule has 0 fully saturated rings. The number of alkyl halides is 3. The van der Waals surface area contributed by atoms with Crippen LogP contribution in [-0.4, -0.2) is 26.8 Å².